The van der Waals surface area contributed by atoms with Gasteiger partial charge in [0.2, 0.25) is 17.6 Å². The number of nitrogens with one attached hydrogen (secondary N) is 1. The van der Waals surface area contributed by atoms with Crippen LogP contribution in [-0.2, 0) is 4.79 Å². The molecule has 1 aromatic heterocycles. The second-order valence-corrected chi connectivity index (χ2v) is 5.94. The standard InChI is InChI=1S/C13H20N6O4/c1-7-3-8(2)6-18(5-7)12-10(19(22)23)11(14)16-13(17-12)15-4-9(20)21/h7-8H,3-6H2,1-2H3,(H,20,21)(H3,14,15,16,17)/p-1/t7-,8+. The molecule has 0 unspecified atom stereocenters. The highest BCUT2D eigenvalue weighted by Crippen LogP contribution is 2.35. The SMILES string of the molecule is C[C@@H]1C[C@H](C)CN(c2nc(NCC(=O)[O-])nc(N)c2[N+](=O)[O-])C1. The number of carboxylic acid groups (broad SMARTS) is 1. The molecule has 3 N–H and O–H groups in total. The molecule has 1 saturated heterocycles. The smallest absolute Gasteiger partial charge is 0.353 e. The van der Waals surface area contributed by atoms with E-state index in [0.717, 1.165) is 6.42 Å². The maximum atomic E-state index is 11.3. The molecule has 0 bridgehead atoms. The minimum absolute atomic E-state index is 0.0711. The summed E-state index contributed by atoms with van der Waals surface area (Å²) in [7, 11) is 0. The third-order valence-corrected chi connectivity index (χ3v) is 3.63. The minimum atomic E-state index is -1.34. The summed E-state index contributed by atoms with van der Waals surface area (Å²) in [6, 6.07) is 0. The van der Waals surface area contributed by atoms with Crippen molar-refractivity contribution in [3.63, 3.8) is 0 Å². The van der Waals surface area contributed by atoms with Crippen LogP contribution >= 0.6 is 0 Å². The first-order chi connectivity index (χ1) is 10.8. The van der Waals surface area contributed by atoms with Gasteiger partial charge in [-0.15, -0.1) is 0 Å². The van der Waals surface area contributed by atoms with Gasteiger partial charge in [0, 0.05) is 13.1 Å². The lowest BCUT2D eigenvalue weighted by Crippen LogP contribution is -2.40. The van der Waals surface area contributed by atoms with Gasteiger partial charge in [0.15, 0.2) is 0 Å². The molecule has 0 aliphatic carbocycles. The van der Waals surface area contributed by atoms with Crippen LogP contribution < -0.4 is 21.1 Å². The summed E-state index contributed by atoms with van der Waals surface area (Å²) >= 11 is 0. The average Bonchev–Trinajstić information content (AvgIpc) is 2.42. The monoisotopic (exact) mass is 323 g/mol. The van der Waals surface area contributed by atoms with Gasteiger partial charge in [-0.2, -0.15) is 9.97 Å². The van der Waals surface area contributed by atoms with Gasteiger partial charge < -0.3 is 25.9 Å². The Morgan fingerprint density at radius 1 is 1.39 bits per heavy atom. The summed E-state index contributed by atoms with van der Waals surface area (Å²) in [6.45, 7) is 4.84. The predicted molar refractivity (Wildman–Crippen MR) is 81.8 cm³/mol. The molecule has 1 aromatic rings. The molecule has 1 aliphatic heterocycles. The summed E-state index contributed by atoms with van der Waals surface area (Å²) in [5.74, 6) is -0.887. The van der Waals surface area contributed by atoms with Crippen molar-refractivity contribution in [1.82, 2.24) is 9.97 Å². The molecule has 0 saturated carbocycles. The van der Waals surface area contributed by atoms with E-state index in [1.54, 1.807) is 4.90 Å². The van der Waals surface area contributed by atoms with E-state index in [2.05, 4.69) is 29.1 Å². The van der Waals surface area contributed by atoms with E-state index < -0.39 is 17.4 Å². The Morgan fingerprint density at radius 3 is 2.52 bits per heavy atom. The summed E-state index contributed by atoms with van der Waals surface area (Å²) in [5.41, 5.74) is 5.33. The molecule has 2 heterocycles. The Labute approximate surface area is 132 Å². The van der Waals surface area contributed by atoms with Crippen molar-refractivity contribution in [3.8, 4) is 0 Å². The molecule has 10 nitrogen and oxygen atoms in total. The lowest BCUT2D eigenvalue weighted by Gasteiger charge is -2.35. The lowest BCUT2D eigenvalue weighted by atomic mass is 9.92. The van der Waals surface area contributed by atoms with Gasteiger partial charge in [-0.25, -0.2) is 0 Å². The van der Waals surface area contributed by atoms with Gasteiger partial charge in [0.1, 0.15) is 0 Å². The van der Waals surface area contributed by atoms with Crippen molar-refractivity contribution in [3.05, 3.63) is 10.1 Å². The van der Waals surface area contributed by atoms with E-state index >= 15 is 0 Å². The number of aliphatic carboxylic acids is 1. The zero-order chi connectivity index (χ0) is 17.1. The normalized spacial score (nSPS) is 21.0. The van der Waals surface area contributed by atoms with Crippen molar-refractivity contribution in [2.24, 2.45) is 11.8 Å². The number of hydrogen-bond acceptors (Lipinski definition) is 9. The number of hydrogen-bond donors (Lipinski definition) is 2. The molecule has 2 rings (SSSR count). The number of carboxylic acids is 1. The van der Waals surface area contributed by atoms with Crippen LogP contribution in [0, 0.1) is 22.0 Å². The number of nitrogens with zero attached hydrogens (tertiary/aromatic N) is 4. The molecule has 1 fully saturated rings. The number of piperidine rings is 1. The van der Waals surface area contributed by atoms with Crippen LogP contribution in [0.15, 0.2) is 0 Å². The molecular weight excluding hydrogens is 304 g/mol. The largest absolute Gasteiger partial charge is 0.548 e. The number of carbonyl (C=O) groups is 1. The second-order valence-electron chi connectivity index (χ2n) is 5.94. The van der Waals surface area contributed by atoms with Crippen molar-refractivity contribution >= 4 is 29.2 Å². The fourth-order valence-electron chi connectivity index (χ4n) is 2.92. The molecule has 23 heavy (non-hydrogen) atoms. The zero-order valence-electron chi connectivity index (χ0n) is 13.0. The van der Waals surface area contributed by atoms with E-state index in [4.69, 9.17) is 5.73 Å². The van der Waals surface area contributed by atoms with Gasteiger partial charge in [0.05, 0.1) is 17.4 Å². The quantitative estimate of drug-likeness (QED) is 0.545. The first-order valence-corrected chi connectivity index (χ1v) is 7.28. The van der Waals surface area contributed by atoms with Crippen molar-refractivity contribution in [2.75, 3.05) is 35.6 Å². The van der Waals surface area contributed by atoms with E-state index in [-0.39, 0.29) is 23.3 Å². The lowest BCUT2D eigenvalue weighted by molar-refractivity contribution is -0.383. The molecule has 0 spiro atoms. The molecular formula is C13H19N6O4-. The third kappa shape index (κ3) is 3.96. The predicted octanol–water partition coefficient (Wildman–Crippen LogP) is -0.389. The number of nitrogen functional groups attached to an aromatic ring is 1. The number of rotatable bonds is 5. The Balaban J connectivity index is 2.41. The van der Waals surface area contributed by atoms with Gasteiger partial charge in [-0.3, -0.25) is 10.1 Å². The van der Waals surface area contributed by atoms with E-state index in [1.165, 1.54) is 0 Å². The first-order valence-electron chi connectivity index (χ1n) is 7.28. The minimum Gasteiger partial charge on any atom is -0.548 e. The summed E-state index contributed by atoms with van der Waals surface area (Å²) in [4.78, 5) is 30.9. The first kappa shape index (κ1) is 16.7. The average molecular weight is 323 g/mol. The highest BCUT2D eigenvalue weighted by Gasteiger charge is 2.31. The number of carbonyl (C=O) groups excluding carboxylic acids is 1. The Kier molecular flexibility index (Phi) is 4.82. The molecule has 2 atom stereocenters. The van der Waals surface area contributed by atoms with Crippen molar-refractivity contribution < 1.29 is 14.8 Å². The fourth-order valence-corrected chi connectivity index (χ4v) is 2.92. The molecule has 0 amide bonds. The summed E-state index contributed by atoms with van der Waals surface area (Å²) in [6.07, 6.45) is 1.03. The van der Waals surface area contributed by atoms with Gasteiger partial charge in [-0.05, 0) is 18.3 Å². The van der Waals surface area contributed by atoms with Crippen LogP contribution in [0.3, 0.4) is 0 Å². The number of nitro groups is 1. The maximum Gasteiger partial charge on any atom is 0.353 e. The Morgan fingerprint density at radius 2 is 2.00 bits per heavy atom. The highest BCUT2D eigenvalue weighted by molar-refractivity contribution is 5.73. The number of nitrogens with two attached hydrogens (primary N) is 1. The fraction of sp³-hybridized carbons (Fsp3) is 0.615. The van der Waals surface area contributed by atoms with Crippen LogP contribution in [-0.4, -0.2) is 40.5 Å². The Bertz CT molecular complexity index is 613. The maximum absolute atomic E-state index is 11.3. The summed E-state index contributed by atoms with van der Waals surface area (Å²) in [5, 5.41) is 24.3. The zero-order valence-corrected chi connectivity index (χ0v) is 13.0. The van der Waals surface area contributed by atoms with E-state index in [1.807, 2.05) is 0 Å². The van der Waals surface area contributed by atoms with Gasteiger partial charge in [-0.1, -0.05) is 13.8 Å². The van der Waals surface area contributed by atoms with Crippen LogP contribution in [0.25, 0.3) is 0 Å². The van der Waals surface area contributed by atoms with Crippen LogP contribution in [0.4, 0.5) is 23.3 Å². The molecule has 126 valence electrons. The van der Waals surface area contributed by atoms with Gasteiger partial charge in [0.25, 0.3) is 0 Å². The van der Waals surface area contributed by atoms with E-state index in [0.29, 0.717) is 24.9 Å². The van der Waals surface area contributed by atoms with Crippen LogP contribution in [0.1, 0.15) is 20.3 Å². The highest BCUT2D eigenvalue weighted by atomic mass is 16.6. The Hall–Kier alpha value is -2.65. The van der Waals surface area contributed by atoms with Gasteiger partial charge >= 0.3 is 5.69 Å². The topological polar surface area (TPSA) is 150 Å². The second kappa shape index (κ2) is 6.63. The molecule has 0 aromatic carbocycles. The van der Waals surface area contributed by atoms with Crippen molar-refractivity contribution in [1.29, 1.82) is 0 Å². The van der Waals surface area contributed by atoms with Crippen LogP contribution in [0.2, 0.25) is 0 Å². The summed E-state index contributed by atoms with van der Waals surface area (Å²) < 4.78 is 0. The number of anilines is 3. The van der Waals surface area contributed by atoms with E-state index in [9.17, 15) is 20.0 Å². The number of aromatic nitrogens is 2. The van der Waals surface area contributed by atoms with Crippen molar-refractivity contribution in [2.45, 2.75) is 20.3 Å². The third-order valence-electron chi connectivity index (χ3n) is 3.63. The molecule has 0 radical (unpaired) electrons. The molecule has 10 heteroatoms. The molecule has 1 aliphatic rings. The van der Waals surface area contributed by atoms with Crippen LogP contribution in [0.5, 0.6) is 0 Å².